The zero-order valence-electron chi connectivity index (χ0n) is 11.8. The topological polar surface area (TPSA) is 29.9 Å². The van der Waals surface area contributed by atoms with Crippen LogP contribution in [0.4, 0.5) is 0 Å². The first-order valence-electron chi connectivity index (χ1n) is 6.90. The number of aromatic nitrogens is 2. The molecule has 0 spiro atoms. The van der Waals surface area contributed by atoms with Gasteiger partial charge in [0.25, 0.3) is 0 Å². The maximum Gasteiger partial charge on any atom is 0.131 e. The van der Waals surface area contributed by atoms with Crippen molar-refractivity contribution in [3.63, 3.8) is 0 Å². The lowest BCUT2D eigenvalue weighted by Gasteiger charge is -2.32. The first-order valence-corrected chi connectivity index (χ1v) is 7.28. The van der Waals surface area contributed by atoms with Crippen LogP contribution in [0.25, 0.3) is 0 Å². The van der Waals surface area contributed by atoms with Gasteiger partial charge in [-0.25, -0.2) is 0 Å². The van der Waals surface area contributed by atoms with Gasteiger partial charge in [0, 0.05) is 25.2 Å². The highest BCUT2D eigenvalue weighted by Gasteiger charge is 2.24. The van der Waals surface area contributed by atoms with Crippen LogP contribution in [-0.4, -0.2) is 15.8 Å². The van der Waals surface area contributed by atoms with Gasteiger partial charge in [0.1, 0.15) is 5.15 Å². The standard InChI is InChI=1S/C14H24ClN3/c1-9-5-6-12(7-10(9)2)16-8-13-11(3)17-18(4)14(13)15/h9-10,12,16H,5-8H2,1-4H3. The van der Waals surface area contributed by atoms with E-state index in [2.05, 4.69) is 24.3 Å². The number of nitrogens with zero attached hydrogens (tertiary/aromatic N) is 2. The zero-order valence-corrected chi connectivity index (χ0v) is 12.6. The summed E-state index contributed by atoms with van der Waals surface area (Å²) in [5.41, 5.74) is 2.18. The second-order valence-electron chi connectivity index (χ2n) is 5.82. The summed E-state index contributed by atoms with van der Waals surface area (Å²) in [7, 11) is 1.89. The summed E-state index contributed by atoms with van der Waals surface area (Å²) in [6.07, 6.45) is 3.89. The molecule has 0 radical (unpaired) electrons. The van der Waals surface area contributed by atoms with Crippen LogP contribution in [0.2, 0.25) is 5.15 Å². The number of nitrogens with one attached hydrogen (secondary N) is 1. The molecule has 1 fully saturated rings. The molecule has 1 aromatic rings. The van der Waals surface area contributed by atoms with Crippen molar-refractivity contribution < 1.29 is 0 Å². The Bertz CT molecular complexity index is 413. The number of rotatable bonds is 3. The van der Waals surface area contributed by atoms with E-state index in [1.54, 1.807) is 4.68 Å². The minimum Gasteiger partial charge on any atom is -0.310 e. The molecule has 3 nitrogen and oxygen atoms in total. The van der Waals surface area contributed by atoms with E-state index in [0.717, 1.165) is 34.8 Å². The SMILES string of the molecule is Cc1nn(C)c(Cl)c1CNC1CCC(C)C(C)C1. The van der Waals surface area contributed by atoms with Crippen molar-refractivity contribution in [2.75, 3.05) is 0 Å². The van der Waals surface area contributed by atoms with Crippen LogP contribution in [0.3, 0.4) is 0 Å². The van der Waals surface area contributed by atoms with Gasteiger partial charge in [0.15, 0.2) is 0 Å². The molecule has 0 saturated heterocycles. The Balaban J connectivity index is 1.92. The lowest BCUT2D eigenvalue weighted by atomic mass is 9.79. The zero-order chi connectivity index (χ0) is 13.3. The highest BCUT2D eigenvalue weighted by atomic mass is 35.5. The van der Waals surface area contributed by atoms with Crippen molar-refractivity contribution in [3.8, 4) is 0 Å². The molecule has 4 heteroatoms. The second-order valence-corrected chi connectivity index (χ2v) is 6.18. The molecule has 1 saturated carbocycles. The average molecular weight is 270 g/mol. The molecule has 3 atom stereocenters. The molecule has 0 amide bonds. The molecule has 1 aliphatic carbocycles. The number of hydrogen-bond acceptors (Lipinski definition) is 2. The third-order valence-corrected chi connectivity index (χ3v) is 4.91. The van der Waals surface area contributed by atoms with E-state index >= 15 is 0 Å². The summed E-state index contributed by atoms with van der Waals surface area (Å²) in [6, 6.07) is 0.631. The van der Waals surface area contributed by atoms with E-state index in [-0.39, 0.29) is 0 Å². The van der Waals surface area contributed by atoms with E-state index < -0.39 is 0 Å². The van der Waals surface area contributed by atoms with Gasteiger partial charge in [0.2, 0.25) is 0 Å². The van der Waals surface area contributed by atoms with Gasteiger partial charge < -0.3 is 5.32 Å². The molecule has 18 heavy (non-hydrogen) atoms. The maximum atomic E-state index is 6.24. The molecule has 102 valence electrons. The monoisotopic (exact) mass is 269 g/mol. The molecule has 1 aromatic heterocycles. The molecule has 2 rings (SSSR count). The van der Waals surface area contributed by atoms with Crippen LogP contribution in [0.5, 0.6) is 0 Å². The minimum atomic E-state index is 0.631. The number of aryl methyl sites for hydroxylation is 2. The second kappa shape index (κ2) is 5.62. The van der Waals surface area contributed by atoms with Crippen LogP contribution in [0, 0.1) is 18.8 Å². The summed E-state index contributed by atoms with van der Waals surface area (Å²) in [4.78, 5) is 0. The summed E-state index contributed by atoms with van der Waals surface area (Å²) >= 11 is 6.24. The van der Waals surface area contributed by atoms with Crippen LogP contribution >= 0.6 is 11.6 Å². The van der Waals surface area contributed by atoms with E-state index in [1.165, 1.54) is 19.3 Å². The minimum absolute atomic E-state index is 0.631. The predicted octanol–water partition coefficient (Wildman–Crippen LogP) is 3.30. The Kier molecular flexibility index (Phi) is 4.33. The third-order valence-electron chi connectivity index (χ3n) is 4.44. The van der Waals surface area contributed by atoms with Crippen LogP contribution in [0.15, 0.2) is 0 Å². The van der Waals surface area contributed by atoms with Crippen LogP contribution in [-0.2, 0) is 13.6 Å². The van der Waals surface area contributed by atoms with Crippen molar-refractivity contribution in [2.45, 2.75) is 52.6 Å². The third kappa shape index (κ3) is 2.89. The average Bonchev–Trinajstić information content (AvgIpc) is 2.56. The van der Waals surface area contributed by atoms with Crippen LogP contribution in [0.1, 0.15) is 44.4 Å². The fourth-order valence-corrected chi connectivity index (χ4v) is 3.10. The fraction of sp³-hybridized carbons (Fsp3) is 0.786. The number of hydrogen-bond donors (Lipinski definition) is 1. The lowest BCUT2D eigenvalue weighted by Crippen LogP contribution is -2.35. The van der Waals surface area contributed by atoms with Crippen molar-refractivity contribution in [2.24, 2.45) is 18.9 Å². The van der Waals surface area contributed by atoms with Crippen molar-refractivity contribution >= 4 is 11.6 Å². The van der Waals surface area contributed by atoms with Gasteiger partial charge in [-0.05, 0) is 38.0 Å². The van der Waals surface area contributed by atoms with Crippen molar-refractivity contribution in [1.82, 2.24) is 15.1 Å². The normalized spacial score (nSPS) is 28.6. The summed E-state index contributed by atoms with van der Waals surface area (Å²) in [5, 5.41) is 8.75. The first kappa shape index (κ1) is 13.9. The number of halogens is 1. The van der Waals surface area contributed by atoms with E-state index in [1.807, 2.05) is 14.0 Å². The Morgan fingerprint density at radius 3 is 2.61 bits per heavy atom. The van der Waals surface area contributed by atoms with E-state index in [9.17, 15) is 0 Å². The Morgan fingerprint density at radius 2 is 2.06 bits per heavy atom. The predicted molar refractivity (Wildman–Crippen MR) is 75.8 cm³/mol. The lowest BCUT2D eigenvalue weighted by molar-refractivity contribution is 0.225. The maximum absolute atomic E-state index is 6.24. The van der Waals surface area contributed by atoms with E-state index in [0.29, 0.717) is 6.04 Å². The Labute approximate surface area is 115 Å². The first-order chi connectivity index (χ1) is 8.49. The van der Waals surface area contributed by atoms with Gasteiger partial charge in [-0.3, -0.25) is 4.68 Å². The molecule has 1 heterocycles. The summed E-state index contributed by atoms with van der Waals surface area (Å²) < 4.78 is 1.75. The fourth-order valence-electron chi connectivity index (χ4n) is 2.85. The molecule has 0 bridgehead atoms. The van der Waals surface area contributed by atoms with Gasteiger partial charge in [0.05, 0.1) is 5.69 Å². The van der Waals surface area contributed by atoms with E-state index in [4.69, 9.17) is 11.6 Å². The molecule has 0 aliphatic heterocycles. The van der Waals surface area contributed by atoms with Crippen LogP contribution < -0.4 is 5.32 Å². The summed E-state index contributed by atoms with van der Waals surface area (Å²) in [6.45, 7) is 7.59. The molecule has 0 aromatic carbocycles. The van der Waals surface area contributed by atoms with Gasteiger partial charge in [-0.1, -0.05) is 25.4 Å². The summed E-state index contributed by atoms with van der Waals surface area (Å²) in [5.74, 6) is 1.69. The van der Waals surface area contributed by atoms with Crippen molar-refractivity contribution in [3.05, 3.63) is 16.4 Å². The Morgan fingerprint density at radius 1 is 1.33 bits per heavy atom. The van der Waals surface area contributed by atoms with Gasteiger partial charge in [-0.2, -0.15) is 5.10 Å². The smallest absolute Gasteiger partial charge is 0.131 e. The molecular weight excluding hydrogens is 246 g/mol. The molecule has 3 unspecified atom stereocenters. The largest absolute Gasteiger partial charge is 0.310 e. The highest BCUT2D eigenvalue weighted by molar-refractivity contribution is 6.30. The molecule has 1 aliphatic rings. The Hall–Kier alpha value is -0.540. The van der Waals surface area contributed by atoms with Crippen molar-refractivity contribution in [1.29, 1.82) is 0 Å². The molecule has 1 N–H and O–H groups in total. The quantitative estimate of drug-likeness (QED) is 0.913. The highest BCUT2D eigenvalue weighted by Crippen LogP contribution is 2.29. The molecular formula is C14H24ClN3. The van der Waals surface area contributed by atoms with Gasteiger partial charge in [-0.15, -0.1) is 0 Å². The van der Waals surface area contributed by atoms with Gasteiger partial charge >= 0.3 is 0 Å².